The number of para-hydroxylation sites is 1. The zero-order chi connectivity index (χ0) is 17.5. The fourth-order valence-corrected chi connectivity index (χ4v) is 4.08. The Morgan fingerprint density at radius 1 is 1.08 bits per heavy atom. The minimum atomic E-state index is -3.91. The van der Waals surface area contributed by atoms with Gasteiger partial charge in [-0.25, -0.2) is 12.7 Å². The quantitative estimate of drug-likeness (QED) is 0.843. The first kappa shape index (κ1) is 16.2. The number of nitrogens with one attached hydrogen (secondary N) is 1. The summed E-state index contributed by atoms with van der Waals surface area (Å²) in [5.74, 6) is -2.52. The molecule has 1 N–H and O–H groups in total. The van der Waals surface area contributed by atoms with Gasteiger partial charge in [-0.3, -0.25) is 9.59 Å². The number of rotatable bonds is 2. The SMILES string of the molecule is Cc1ccccc1NC(=O)C1C(=O)N(C)S(=O)(=O)c2ccccc21. The molecule has 7 heteroatoms. The van der Waals surface area contributed by atoms with Crippen LogP contribution in [0.25, 0.3) is 0 Å². The van der Waals surface area contributed by atoms with Crippen molar-refractivity contribution in [3.8, 4) is 0 Å². The molecule has 1 unspecified atom stereocenters. The number of hydrogen-bond donors (Lipinski definition) is 1. The summed E-state index contributed by atoms with van der Waals surface area (Å²) in [6.45, 7) is 1.84. The van der Waals surface area contributed by atoms with Crippen molar-refractivity contribution < 1.29 is 18.0 Å². The second-order valence-corrected chi connectivity index (χ2v) is 7.52. The molecule has 24 heavy (non-hydrogen) atoms. The number of likely N-dealkylation sites (N-methyl/N-ethyl adjacent to an activating group) is 1. The molecular weight excluding hydrogens is 328 g/mol. The van der Waals surface area contributed by atoms with Gasteiger partial charge in [0.15, 0.2) is 0 Å². The standard InChI is InChI=1S/C17H16N2O4S/c1-11-7-3-5-9-13(11)18-16(20)15-12-8-4-6-10-14(12)24(22,23)19(2)17(15)21/h3-10,15H,1-2H3,(H,18,20). The number of carbonyl (C=O) groups excluding carboxylic acids is 2. The summed E-state index contributed by atoms with van der Waals surface area (Å²) in [6, 6.07) is 13.3. The molecule has 2 aromatic carbocycles. The van der Waals surface area contributed by atoms with Crippen LogP contribution in [0.15, 0.2) is 53.4 Å². The van der Waals surface area contributed by atoms with Crippen molar-refractivity contribution in [1.82, 2.24) is 4.31 Å². The van der Waals surface area contributed by atoms with Crippen LogP contribution in [-0.2, 0) is 19.6 Å². The second kappa shape index (κ2) is 5.76. The van der Waals surface area contributed by atoms with E-state index in [2.05, 4.69) is 5.32 Å². The monoisotopic (exact) mass is 344 g/mol. The highest BCUT2D eigenvalue weighted by Crippen LogP contribution is 2.34. The fraction of sp³-hybridized carbons (Fsp3) is 0.176. The third-order valence-electron chi connectivity index (χ3n) is 4.09. The first-order chi connectivity index (χ1) is 11.3. The lowest BCUT2D eigenvalue weighted by Crippen LogP contribution is -2.45. The normalized spacial score (nSPS) is 18.8. The Kier molecular flexibility index (Phi) is 3.88. The van der Waals surface area contributed by atoms with Gasteiger partial charge in [-0.2, -0.15) is 0 Å². The maximum Gasteiger partial charge on any atom is 0.266 e. The van der Waals surface area contributed by atoms with Gasteiger partial charge in [0.1, 0.15) is 5.92 Å². The highest BCUT2D eigenvalue weighted by Gasteiger charge is 2.44. The first-order valence-electron chi connectivity index (χ1n) is 7.32. The van der Waals surface area contributed by atoms with Gasteiger partial charge >= 0.3 is 0 Å². The Balaban J connectivity index is 2.05. The van der Waals surface area contributed by atoms with Crippen molar-refractivity contribution in [3.63, 3.8) is 0 Å². The summed E-state index contributed by atoms with van der Waals surface area (Å²) in [5, 5.41) is 2.72. The van der Waals surface area contributed by atoms with E-state index in [1.54, 1.807) is 24.3 Å². The zero-order valence-corrected chi connectivity index (χ0v) is 14.0. The predicted molar refractivity (Wildman–Crippen MR) is 88.9 cm³/mol. The second-order valence-electron chi connectivity index (χ2n) is 5.59. The molecule has 2 amide bonds. The van der Waals surface area contributed by atoms with Gasteiger partial charge in [-0.15, -0.1) is 0 Å². The van der Waals surface area contributed by atoms with Gasteiger partial charge < -0.3 is 5.32 Å². The highest BCUT2D eigenvalue weighted by molar-refractivity contribution is 7.89. The molecule has 0 spiro atoms. The van der Waals surface area contributed by atoms with Crippen LogP contribution in [0.1, 0.15) is 17.0 Å². The molecule has 0 radical (unpaired) electrons. The maximum absolute atomic E-state index is 12.7. The Morgan fingerprint density at radius 2 is 1.71 bits per heavy atom. The third-order valence-corrected chi connectivity index (χ3v) is 5.92. The molecule has 0 fully saturated rings. The van der Waals surface area contributed by atoms with Gasteiger partial charge in [0.25, 0.3) is 15.9 Å². The number of hydrogen-bond acceptors (Lipinski definition) is 4. The van der Waals surface area contributed by atoms with Crippen molar-refractivity contribution in [2.75, 3.05) is 12.4 Å². The summed E-state index contributed by atoms with van der Waals surface area (Å²) in [5.41, 5.74) is 1.64. The summed E-state index contributed by atoms with van der Waals surface area (Å²) < 4.78 is 25.4. The topological polar surface area (TPSA) is 83.6 Å². The number of nitrogens with zero attached hydrogens (tertiary/aromatic N) is 1. The van der Waals surface area contributed by atoms with E-state index < -0.39 is 27.8 Å². The minimum Gasteiger partial charge on any atom is -0.325 e. The van der Waals surface area contributed by atoms with Gasteiger partial charge in [0, 0.05) is 12.7 Å². The lowest BCUT2D eigenvalue weighted by atomic mass is 9.96. The van der Waals surface area contributed by atoms with Gasteiger partial charge in [0.2, 0.25) is 5.91 Å². The molecule has 2 aromatic rings. The van der Waals surface area contributed by atoms with Crippen LogP contribution in [0, 0.1) is 6.92 Å². The number of carbonyl (C=O) groups is 2. The molecule has 0 bridgehead atoms. The van der Waals surface area contributed by atoms with E-state index in [0.29, 0.717) is 9.99 Å². The van der Waals surface area contributed by atoms with E-state index in [9.17, 15) is 18.0 Å². The van der Waals surface area contributed by atoms with Gasteiger partial charge in [-0.1, -0.05) is 36.4 Å². The number of aryl methyl sites for hydroxylation is 1. The molecule has 0 saturated carbocycles. The Morgan fingerprint density at radius 3 is 2.42 bits per heavy atom. The Labute approximate surface area is 140 Å². The zero-order valence-electron chi connectivity index (χ0n) is 13.2. The molecule has 0 saturated heterocycles. The molecule has 0 aliphatic carbocycles. The van der Waals surface area contributed by atoms with Crippen molar-refractivity contribution in [2.45, 2.75) is 17.7 Å². The molecule has 1 atom stereocenters. The molecule has 1 heterocycles. The lowest BCUT2D eigenvalue weighted by molar-refractivity contribution is -0.132. The number of anilines is 1. The molecular formula is C17H16N2O4S. The van der Waals surface area contributed by atoms with Crippen LogP contribution in [-0.4, -0.2) is 31.6 Å². The summed E-state index contributed by atoms with van der Waals surface area (Å²) in [4.78, 5) is 25.2. The largest absolute Gasteiger partial charge is 0.325 e. The van der Waals surface area contributed by atoms with Crippen LogP contribution >= 0.6 is 0 Å². The predicted octanol–water partition coefficient (Wildman–Crippen LogP) is 1.88. The summed E-state index contributed by atoms with van der Waals surface area (Å²) in [7, 11) is -2.75. The number of sulfonamides is 1. The van der Waals surface area contributed by atoms with Crippen molar-refractivity contribution in [2.24, 2.45) is 0 Å². The average molecular weight is 344 g/mol. The van der Waals surface area contributed by atoms with Crippen LogP contribution in [0.2, 0.25) is 0 Å². The lowest BCUT2D eigenvalue weighted by Gasteiger charge is -2.30. The maximum atomic E-state index is 12.7. The summed E-state index contributed by atoms with van der Waals surface area (Å²) >= 11 is 0. The third kappa shape index (κ3) is 2.46. The number of amides is 2. The van der Waals surface area contributed by atoms with Crippen molar-refractivity contribution in [1.29, 1.82) is 0 Å². The number of benzene rings is 2. The highest BCUT2D eigenvalue weighted by atomic mass is 32.2. The van der Waals surface area contributed by atoms with Crippen LogP contribution in [0.4, 0.5) is 5.69 Å². The first-order valence-corrected chi connectivity index (χ1v) is 8.76. The van der Waals surface area contributed by atoms with E-state index in [0.717, 1.165) is 5.56 Å². The van der Waals surface area contributed by atoms with Gasteiger partial charge in [-0.05, 0) is 30.2 Å². The Hall–Kier alpha value is -2.67. The van der Waals surface area contributed by atoms with E-state index >= 15 is 0 Å². The van der Waals surface area contributed by atoms with E-state index in [1.807, 2.05) is 19.1 Å². The molecule has 124 valence electrons. The van der Waals surface area contributed by atoms with Crippen LogP contribution in [0.3, 0.4) is 0 Å². The van der Waals surface area contributed by atoms with Crippen LogP contribution < -0.4 is 5.32 Å². The van der Waals surface area contributed by atoms with E-state index in [-0.39, 0.29) is 10.5 Å². The Bertz CT molecular complexity index is 937. The van der Waals surface area contributed by atoms with E-state index in [4.69, 9.17) is 0 Å². The molecule has 0 aromatic heterocycles. The summed E-state index contributed by atoms with van der Waals surface area (Å²) in [6.07, 6.45) is 0. The van der Waals surface area contributed by atoms with Crippen molar-refractivity contribution in [3.05, 3.63) is 59.7 Å². The van der Waals surface area contributed by atoms with Gasteiger partial charge in [0.05, 0.1) is 4.90 Å². The smallest absolute Gasteiger partial charge is 0.266 e. The van der Waals surface area contributed by atoms with Crippen molar-refractivity contribution >= 4 is 27.5 Å². The van der Waals surface area contributed by atoms with Crippen LogP contribution in [0.5, 0.6) is 0 Å². The average Bonchev–Trinajstić information content (AvgIpc) is 2.55. The molecule has 3 rings (SSSR count). The fourth-order valence-electron chi connectivity index (χ4n) is 2.71. The minimum absolute atomic E-state index is 0.0166. The molecule has 1 aliphatic rings. The van der Waals surface area contributed by atoms with E-state index in [1.165, 1.54) is 19.2 Å². The number of fused-ring (bicyclic) bond motifs is 1. The molecule has 6 nitrogen and oxygen atoms in total. The molecule has 1 aliphatic heterocycles.